The number of benzene rings is 1. The van der Waals surface area contributed by atoms with Gasteiger partial charge in [0.15, 0.2) is 0 Å². The molecule has 134 valence electrons. The molecule has 1 heterocycles. The normalized spacial score (nSPS) is 12.2. The number of ether oxygens (including phenoxy) is 1. The number of hydrogen-bond acceptors (Lipinski definition) is 4. The van der Waals surface area contributed by atoms with Gasteiger partial charge in [0.2, 0.25) is 0 Å². The molecule has 0 bridgehead atoms. The maximum atomic E-state index is 12.6. The van der Waals surface area contributed by atoms with Crippen LogP contribution in [-0.2, 0) is 4.79 Å². The molecular formula is C20H20BrN3O2. The maximum Gasteiger partial charge on any atom is 0.262 e. The number of amides is 1. The minimum atomic E-state index is -0.413. The van der Waals surface area contributed by atoms with Crippen LogP contribution in [0.5, 0.6) is 5.75 Å². The molecular weight excluding hydrogens is 394 g/mol. The van der Waals surface area contributed by atoms with Crippen LogP contribution in [0.15, 0.2) is 52.6 Å². The third kappa shape index (κ3) is 5.43. The average Bonchev–Trinajstić information content (AvgIpc) is 2.65. The second-order valence-electron chi connectivity index (χ2n) is 5.64. The molecule has 0 saturated heterocycles. The molecule has 0 aliphatic rings. The zero-order valence-electron chi connectivity index (χ0n) is 14.7. The standard InChI is InChI=1S/C20H20BrN3O2/c1-3-5-18(14-8-10-17(26-2)11-9-14)24-20(25)15(13-22)12-16-6-4-7-19(21)23-16/h4,6-12,18H,3,5H2,1-2H3,(H,24,25)/b15-12-. The minimum Gasteiger partial charge on any atom is -0.497 e. The van der Waals surface area contributed by atoms with Crippen molar-refractivity contribution >= 4 is 27.9 Å². The average molecular weight is 414 g/mol. The number of nitrogens with one attached hydrogen (secondary N) is 1. The molecule has 1 unspecified atom stereocenters. The summed E-state index contributed by atoms with van der Waals surface area (Å²) in [7, 11) is 1.61. The van der Waals surface area contributed by atoms with Crippen LogP contribution >= 0.6 is 15.9 Å². The molecule has 2 rings (SSSR count). The second-order valence-corrected chi connectivity index (χ2v) is 6.46. The summed E-state index contributed by atoms with van der Waals surface area (Å²) in [4.78, 5) is 16.8. The van der Waals surface area contributed by atoms with Crippen LogP contribution in [-0.4, -0.2) is 18.0 Å². The van der Waals surface area contributed by atoms with Gasteiger partial charge in [-0.05, 0) is 58.3 Å². The number of pyridine rings is 1. The summed E-state index contributed by atoms with van der Waals surface area (Å²) < 4.78 is 5.82. The monoisotopic (exact) mass is 413 g/mol. The Morgan fingerprint density at radius 2 is 2.08 bits per heavy atom. The van der Waals surface area contributed by atoms with Crippen molar-refractivity contribution in [3.05, 3.63) is 63.9 Å². The lowest BCUT2D eigenvalue weighted by Crippen LogP contribution is -2.29. The van der Waals surface area contributed by atoms with Gasteiger partial charge in [-0.15, -0.1) is 0 Å². The van der Waals surface area contributed by atoms with E-state index >= 15 is 0 Å². The van der Waals surface area contributed by atoms with Gasteiger partial charge in [-0.2, -0.15) is 5.26 Å². The number of carbonyl (C=O) groups excluding carboxylic acids is 1. The first-order valence-corrected chi connectivity index (χ1v) is 9.05. The molecule has 0 aliphatic heterocycles. The van der Waals surface area contributed by atoms with Gasteiger partial charge >= 0.3 is 0 Å². The van der Waals surface area contributed by atoms with Gasteiger partial charge in [0, 0.05) is 0 Å². The number of aromatic nitrogens is 1. The Bertz CT molecular complexity index is 826. The van der Waals surface area contributed by atoms with E-state index in [0.717, 1.165) is 24.2 Å². The largest absolute Gasteiger partial charge is 0.497 e. The molecule has 0 fully saturated rings. The number of nitrogens with zero attached hydrogens (tertiary/aromatic N) is 2. The lowest BCUT2D eigenvalue weighted by atomic mass is 10.0. The molecule has 1 N–H and O–H groups in total. The van der Waals surface area contributed by atoms with Gasteiger partial charge < -0.3 is 10.1 Å². The molecule has 0 saturated carbocycles. The van der Waals surface area contributed by atoms with E-state index in [1.54, 1.807) is 25.3 Å². The van der Waals surface area contributed by atoms with E-state index in [4.69, 9.17) is 4.74 Å². The van der Waals surface area contributed by atoms with Crippen molar-refractivity contribution in [3.63, 3.8) is 0 Å². The summed E-state index contributed by atoms with van der Waals surface area (Å²) >= 11 is 3.28. The fourth-order valence-corrected chi connectivity index (χ4v) is 2.84. The Hall–Kier alpha value is -2.65. The van der Waals surface area contributed by atoms with E-state index in [1.165, 1.54) is 6.08 Å². The van der Waals surface area contributed by atoms with Crippen LogP contribution in [0.25, 0.3) is 6.08 Å². The lowest BCUT2D eigenvalue weighted by Gasteiger charge is -2.18. The fourth-order valence-electron chi connectivity index (χ4n) is 2.48. The van der Waals surface area contributed by atoms with Crippen LogP contribution in [0, 0.1) is 11.3 Å². The third-order valence-electron chi connectivity index (χ3n) is 3.79. The Balaban J connectivity index is 2.20. The molecule has 1 amide bonds. The first kappa shape index (κ1) is 19.7. The minimum absolute atomic E-state index is 0.0187. The lowest BCUT2D eigenvalue weighted by molar-refractivity contribution is -0.117. The van der Waals surface area contributed by atoms with Crippen LogP contribution in [0.1, 0.15) is 37.1 Å². The SMILES string of the molecule is CCCC(NC(=O)/C(C#N)=C\c1cccc(Br)n1)c1ccc(OC)cc1. The zero-order valence-corrected chi connectivity index (χ0v) is 16.3. The summed E-state index contributed by atoms with van der Waals surface area (Å²) in [6.07, 6.45) is 3.15. The predicted molar refractivity (Wildman–Crippen MR) is 104 cm³/mol. The predicted octanol–water partition coefficient (Wildman–Crippen LogP) is 4.42. The van der Waals surface area contributed by atoms with E-state index in [-0.39, 0.29) is 11.6 Å². The van der Waals surface area contributed by atoms with Gasteiger partial charge in [0.05, 0.1) is 18.8 Å². The number of hydrogen-bond donors (Lipinski definition) is 1. The van der Waals surface area contributed by atoms with Crippen LogP contribution in [0.2, 0.25) is 0 Å². The van der Waals surface area contributed by atoms with Crippen molar-refractivity contribution in [1.82, 2.24) is 10.3 Å². The number of halogens is 1. The first-order chi connectivity index (χ1) is 12.6. The van der Waals surface area contributed by atoms with E-state index in [0.29, 0.717) is 10.3 Å². The van der Waals surface area contributed by atoms with Crippen LogP contribution < -0.4 is 10.1 Å². The molecule has 26 heavy (non-hydrogen) atoms. The van der Waals surface area contributed by atoms with Crippen LogP contribution in [0.3, 0.4) is 0 Å². The van der Waals surface area contributed by atoms with Gasteiger partial charge in [0.1, 0.15) is 22.0 Å². The van der Waals surface area contributed by atoms with Gasteiger partial charge in [-0.1, -0.05) is 31.5 Å². The third-order valence-corrected chi connectivity index (χ3v) is 4.24. The summed E-state index contributed by atoms with van der Waals surface area (Å²) in [5.41, 5.74) is 1.53. The zero-order chi connectivity index (χ0) is 18.9. The fraction of sp³-hybridized carbons (Fsp3) is 0.250. The summed E-state index contributed by atoms with van der Waals surface area (Å²) in [6.45, 7) is 2.05. The Morgan fingerprint density at radius 1 is 1.35 bits per heavy atom. The van der Waals surface area contributed by atoms with Gasteiger partial charge in [-0.3, -0.25) is 4.79 Å². The van der Waals surface area contributed by atoms with Crippen molar-refractivity contribution in [3.8, 4) is 11.8 Å². The van der Waals surface area contributed by atoms with E-state index in [2.05, 4.69) is 33.2 Å². The van der Waals surface area contributed by atoms with E-state index < -0.39 is 5.91 Å². The molecule has 1 atom stereocenters. The second kappa shape index (κ2) is 9.73. The Labute approximate surface area is 161 Å². The summed E-state index contributed by atoms with van der Waals surface area (Å²) in [6, 6.07) is 14.7. The molecule has 0 spiro atoms. The Morgan fingerprint density at radius 3 is 2.65 bits per heavy atom. The molecule has 0 radical (unpaired) electrons. The molecule has 5 nitrogen and oxygen atoms in total. The maximum absolute atomic E-state index is 12.6. The Kier molecular flexibility index (Phi) is 7.37. The molecule has 1 aromatic heterocycles. The van der Waals surface area contributed by atoms with E-state index in [1.807, 2.05) is 30.3 Å². The smallest absolute Gasteiger partial charge is 0.262 e. The summed E-state index contributed by atoms with van der Waals surface area (Å²) in [5.74, 6) is 0.345. The number of methoxy groups -OCH3 is 1. The first-order valence-electron chi connectivity index (χ1n) is 8.26. The highest BCUT2D eigenvalue weighted by atomic mass is 79.9. The molecule has 2 aromatic rings. The topological polar surface area (TPSA) is 75.0 Å². The quantitative estimate of drug-likeness (QED) is 0.414. The number of carbonyl (C=O) groups is 1. The van der Waals surface area contributed by atoms with Crippen molar-refractivity contribution in [1.29, 1.82) is 5.26 Å². The number of rotatable bonds is 7. The highest BCUT2D eigenvalue weighted by Crippen LogP contribution is 2.22. The molecule has 0 aliphatic carbocycles. The van der Waals surface area contributed by atoms with Crippen molar-refractivity contribution < 1.29 is 9.53 Å². The van der Waals surface area contributed by atoms with E-state index in [9.17, 15) is 10.1 Å². The highest BCUT2D eigenvalue weighted by Gasteiger charge is 2.17. The van der Waals surface area contributed by atoms with Gasteiger partial charge in [0.25, 0.3) is 5.91 Å². The number of nitriles is 1. The van der Waals surface area contributed by atoms with Crippen molar-refractivity contribution in [2.24, 2.45) is 0 Å². The highest BCUT2D eigenvalue weighted by molar-refractivity contribution is 9.10. The van der Waals surface area contributed by atoms with Gasteiger partial charge in [-0.25, -0.2) is 4.98 Å². The van der Waals surface area contributed by atoms with Crippen LogP contribution in [0.4, 0.5) is 0 Å². The molecule has 6 heteroatoms. The van der Waals surface area contributed by atoms with Crippen molar-refractivity contribution in [2.45, 2.75) is 25.8 Å². The summed E-state index contributed by atoms with van der Waals surface area (Å²) in [5, 5.41) is 12.3. The van der Waals surface area contributed by atoms with Crippen molar-refractivity contribution in [2.75, 3.05) is 7.11 Å². The molecule has 1 aromatic carbocycles.